The van der Waals surface area contributed by atoms with Gasteiger partial charge in [0, 0.05) is 11.6 Å². The van der Waals surface area contributed by atoms with Gasteiger partial charge in [-0.25, -0.2) is 18.0 Å². The normalized spacial score (nSPS) is 10.2. The van der Waals surface area contributed by atoms with Crippen LogP contribution in [0.25, 0.3) is 0 Å². The molecule has 1 N–H and O–H groups in total. The van der Waals surface area contributed by atoms with Gasteiger partial charge >= 0.3 is 5.97 Å². The minimum Gasteiger partial charge on any atom is -0.478 e. The fourth-order valence-electron chi connectivity index (χ4n) is 0.941. The van der Waals surface area contributed by atoms with E-state index in [1.54, 1.807) is 0 Å². The first-order valence-electron chi connectivity index (χ1n) is 3.32. The Hall–Kier alpha value is -1.52. The van der Waals surface area contributed by atoms with E-state index in [1.807, 2.05) is 0 Å². The van der Waals surface area contributed by atoms with Gasteiger partial charge in [-0.15, -0.1) is 0 Å². The number of carbonyl (C=O) groups is 1. The summed E-state index contributed by atoms with van der Waals surface area (Å²) in [5.74, 6) is -5.79. The van der Waals surface area contributed by atoms with E-state index in [9.17, 15) is 18.0 Å². The molecule has 0 bridgehead atoms. The summed E-state index contributed by atoms with van der Waals surface area (Å²) < 4.78 is 38.0. The molecule has 0 amide bonds. The van der Waals surface area contributed by atoms with Gasteiger partial charge in [0.15, 0.2) is 11.6 Å². The van der Waals surface area contributed by atoms with Crippen LogP contribution in [0.15, 0.2) is 6.07 Å². The van der Waals surface area contributed by atoms with Gasteiger partial charge in [0.1, 0.15) is 11.4 Å². The molecule has 0 aliphatic heterocycles. The van der Waals surface area contributed by atoms with Crippen LogP contribution in [0.2, 0.25) is 0 Å². The molecule has 2 nitrogen and oxygen atoms in total. The monoisotopic (exact) mass is 190 g/mol. The SMILES string of the molecule is Cc1c(F)cc(F)c(F)c1C(=O)O. The third kappa shape index (κ3) is 1.49. The van der Waals surface area contributed by atoms with Crippen LogP contribution in [-0.2, 0) is 0 Å². The summed E-state index contributed by atoms with van der Waals surface area (Å²) in [4.78, 5) is 10.4. The molecule has 0 aliphatic rings. The van der Waals surface area contributed by atoms with Gasteiger partial charge in [0.2, 0.25) is 0 Å². The first-order valence-corrected chi connectivity index (χ1v) is 3.32. The maximum absolute atomic E-state index is 12.8. The van der Waals surface area contributed by atoms with Gasteiger partial charge in [-0.05, 0) is 6.92 Å². The zero-order chi connectivity index (χ0) is 10.2. The molecule has 0 aliphatic carbocycles. The summed E-state index contributed by atoms with van der Waals surface area (Å²) in [6, 6.07) is 0.317. The molecule has 0 fully saturated rings. The van der Waals surface area contributed by atoms with Crippen LogP contribution in [0.4, 0.5) is 13.2 Å². The highest BCUT2D eigenvalue weighted by Gasteiger charge is 2.20. The zero-order valence-electron chi connectivity index (χ0n) is 6.57. The number of hydrogen-bond acceptors (Lipinski definition) is 1. The lowest BCUT2D eigenvalue weighted by Crippen LogP contribution is -2.07. The smallest absolute Gasteiger partial charge is 0.339 e. The van der Waals surface area contributed by atoms with Crippen LogP contribution in [0.1, 0.15) is 15.9 Å². The highest BCUT2D eigenvalue weighted by atomic mass is 19.2. The van der Waals surface area contributed by atoms with Crippen molar-refractivity contribution in [2.24, 2.45) is 0 Å². The molecule has 0 unspecified atom stereocenters. The van der Waals surface area contributed by atoms with Crippen molar-refractivity contribution >= 4 is 5.97 Å². The second-order valence-corrected chi connectivity index (χ2v) is 2.46. The number of aromatic carboxylic acids is 1. The van der Waals surface area contributed by atoms with Gasteiger partial charge in [0.25, 0.3) is 0 Å². The Morgan fingerprint density at radius 3 is 2.31 bits per heavy atom. The van der Waals surface area contributed by atoms with Crippen molar-refractivity contribution < 1.29 is 23.1 Å². The lowest BCUT2D eigenvalue weighted by atomic mass is 10.1. The maximum Gasteiger partial charge on any atom is 0.339 e. The van der Waals surface area contributed by atoms with Crippen LogP contribution in [-0.4, -0.2) is 11.1 Å². The maximum atomic E-state index is 12.8. The Balaban J connectivity index is 3.56. The number of rotatable bonds is 1. The highest BCUT2D eigenvalue weighted by molar-refractivity contribution is 5.89. The molecule has 0 spiro atoms. The molecular formula is C8H5F3O2. The molecule has 13 heavy (non-hydrogen) atoms. The molecule has 0 radical (unpaired) electrons. The Labute approximate surface area is 71.6 Å². The predicted molar refractivity (Wildman–Crippen MR) is 38.0 cm³/mol. The molecule has 1 aromatic rings. The van der Waals surface area contributed by atoms with E-state index in [4.69, 9.17) is 5.11 Å². The van der Waals surface area contributed by atoms with Gasteiger partial charge in [0.05, 0.1) is 0 Å². The van der Waals surface area contributed by atoms with E-state index < -0.39 is 34.5 Å². The van der Waals surface area contributed by atoms with Crippen molar-refractivity contribution in [3.05, 3.63) is 34.6 Å². The molecule has 1 rings (SSSR count). The fraction of sp³-hybridized carbons (Fsp3) is 0.125. The van der Waals surface area contributed by atoms with Crippen molar-refractivity contribution in [3.63, 3.8) is 0 Å². The van der Waals surface area contributed by atoms with E-state index in [-0.39, 0.29) is 0 Å². The lowest BCUT2D eigenvalue weighted by molar-refractivity contribution is 0.0689. The third-order valence-electron chi connectivity index (χ3n) is 1.63. The van der Waals surface area contributed by atoms with E-state index in [0.29, 0.717) is 6.07 Å². The summed E-state index contributed by atoms with van der Waals surface area (Å²) in [6.45, 7) is 1.07. The van der Waals surface area contributed by atoms with Gasteiger partial charge < -0.3 is 5.11 Å². The number of hydrogen-bond donors (Lipinski definition) is 1. The molecule has 0 heterocycles. The van der Waals surface area contributed by atoms with Crippen LogP contribution in [0.5, 0.6) is 0 Å². The first kappa shape index (κ1) is 9.57. The van der Waals surface area contributed by atoms with E-state index >= 15 is 0 Å². The average Bonchev–Trinajstić information content (AvgIpc) is 2.01. The van der Waals surface area contributed by atoms with Crippen LogP contribution < -0.4 is 0 Å². The van der Waals surface area contributed by atoms with Gasteiger partial charge in [-0.1, -0.05) is 0 Å². The van der Waals surface area contributed by atoms with Crippen molar-refractivity contribution in [2.45, 2.75) is 6.92 Å². The lowest BCUT2D eigenvalue weighted by Gasteiger charge is -2.03. The summed E-state index contributed by atoms with van der Waals surface area (Å²) >= 11 is 0. The van der Waals surface area contributed by atoms with Crippen LogP contribution in [0, 0.1) is 24.4 Å². The summed E-state index contributed by atoms with van der Waals surface area (Å²) in [7, 11) is 0. The first-order chi connectivity index (χ1) is 5.95. The third-order valence-corrected chi connectivity index (χ3v) is 1.63. The van der Waals surface area contributed by atoms with Gasteiger partial charge in [-0.3, -0.25) is 0 Å². The molecule has 1 aromatic carbocycles. The van der Waals surface area contributed by atoms with E-state index in [1.165, 1.54) is 0 Å². The molecule has 70 valence electrons. The minimum absolute atomic E-state index is 0.317. The second kappa shape index (κ2) is 3.08. The topological polar surface area (TPSA) is 37.3 Å². The van der Waals surface area contributed by atoms with E-state index in [2.05, 4.69) is 0 Å². The number of benzene rings is 1. The highest BCUT2D eigenvalue weighted by Crippen LogP contribution is 2.19. The van der Waals surface area contributed by atoms with Crippen LogP contribution >= 0.6 is 0 Å². The Bertz CT molecular complexity index is 348. The molecule has 0 aromatic heterocycles. The summed E-state index contributed by atoms with van der Waals surface area (Å²) in [5, 5.41) is 8.42. The second-order valence-electron chi connectivity index (χ2n) is 2.46. The molecular weight excluding hydrogens is 185 g/mol. The molecule has 5 heteroatoms. The number of carboxylic acid groups (broad SMARTS) is 1. The Morgan fingerprint density at radius 1 is 1.31 bits per heavy atom. The standard InChI is InChI=1S/C8H5F3O2/c1-3-4(9)2-5(10)7(11)6(3)8(12)13/h2H,1H3,(H,12,13). The quantitative estimate of drug-likeness (QED) is 0.688. The van der Waals surface area contributed by atoms with Gasteiger partial charge in [-0.2, -0.15) is 0 Å². The van der Waals surface area contributed by atoms with Crippen molar-refractivity contribution in [3.8, 4) is 0 Å². The van der Waals surface area contributed by atoms with Crippen molar-refractivity contribution in [1.82, 2.24) is 0 Å². The minimum atomic E-state index is -1.69. The fourth-order valence-corrected chi connectivity index (χ4v) is 0.941. The predicted octanol–water partition coefficient (Wildman–Crippen LogP) is 2.11. The van der Waals surface area contributed by atoms with Crippen molar-refractivity contribution in [2.75, 3.05) is 0 Å². The zero-order valence-corrected chi connectivity index (χ0v) is 6.57. The largest absolute Gasteiger partial charge is 0.478 e. The Kier molecular flexibility index (Phi) is 2.27. The molecule has 0 saturated heterocycles. The number of halogens is 3. The molecule has 0 atom stereocenters. The average molecular weight is 190 g/mol. The van der Waals surface area contributed by atoms with Crippen molar-refractivity contribution in [1.29, 1.82) is 0 Å². The van der Waals surface area contributed by atoms with E-state index in [0.717, 1.165) is 6.92 Å². The Morgan fingerprint density at radius 2 is 1.85 bits per heavy atom. The molecule has 0 saturated carbocycles. The number of carboxylic acids is 1. The summed E-state index contributed by atoms with van der Waals surface area (Å²) in [6.07, 6.45) is 0. The summed E-state index contributed by atoms with van der Waals surface area (Å²) in [5.41, 5.74) is -1.37. The van der Waals surface area contributed by atoms with Crippen LogP contribution in [0.3, 0.4) is 0 Å².